The minimum absolute atomic E-state index is 0.728. The molecule has 0 saturated carbocycles. The summed E-state index contributed by atoms with van der Waals surface area (Å²) >= 11 is 3.45. The summed E-state index contributed by atoms with van der Waals surface area (Å²) in [5.41, 5.74) is 2.83. The molecule has 2 heteroatoms. The van der Waals surface area contributed by atoms with Crippen molar-refractivity contribution in [3.8, 4) is 0 Å². The number of para-hydroxylation sites is 1. The number of hydrogen-bond donors (Lipinski definition) is 0. The van der Waals surface area contributed by atoms with E-state index in [-0.39, 0.29) is 0 Å². The van der Waals surface area contributed by atoms with Gasteiger partial charge in [-0.2, -0.15) is 0 Å². The molecule has 0 amide bonds. The molecule has 0 radical (unpaired) electrons. The number of halogens is 1. The minimum atomic E-state index is 0.728. The molecule has 15 heavy (non-hydrogen) atoms. The van der Waals surface area contributed by atoms with Crippen molar-refractivity contribution in [2.45, 2.75) is 13.3 Å². The van der Waals surface area contributed by atoms with Crippen LogP contribution in [0, 0.1) is 5.92 Å². The largest absolute Gasteiger partial charge is 0.366 e. The van der Waals surface area contributed by atoms with Gasteiger partial charge in [-0.25, -0.2) is 0 Å². The van der Waals surface area contributed by atoms with Gasteiger partial charge >= 0.3 is 0 Å². The minimum Gasteiger partial charge on any atom is -0.366 e. The maximum Gasteiger partial charge on any atom is 0.0489 e. The smallest absolute Gasteiger partial charge is 0.0489 e. The van der Waals surface area contributed by atoms with E-state index < -0.39 is 0 Å². The Bertz CT molecular complexity index is 373. The van der Waals surface area contributed by atoms with E-state index in [9.17, 15) is 0 Å². The summed E-state index contributed by atoms with van der Waals surface area (Å²) in [6.45, 7) is 8.26. The first-order chi connectivity index (χ1) is 7.16. The molecular weight excluding hydrogens is 250 g/mol. The molecule has 0 saturated heterocycles. The summed E-state index contributed by atoms with van der Waals surface area (Å²) in [4.78, 5) is 2.40. The van der Waals surface area contributed by atoms with Crippen LogP contribution in [0.25, 0.3) is 0 Å². The Morgan fingerprint density at radius 2 is 2.27 bits per heavy atom. The fourth-order valence-electron chi connectivity index (χ4n) is 2.26. The number of anilines is 1. The third-order valence-electron chi connectivity index (χ3n) is 2.80. The van der Waals surface area contributed by atoms with Crippen LogP contribution in [0.4, 0.5) is 5.69 Å². The Hall–Kier alpha value is -0.760. The second-order valence-electron chi connectivity index (χ2n) is 4.34. The van der Waals surface area contributed by atoms with Crippen LogP contribution in [0.15, 0.2) is 35.3 Å². The quantitative estimate of drug-likeness (QED) is 0.790. The lowest BCUT2D eigenvalue weighted by Crippen LogP contribution is -2.34. The molecule has 0 N–H and O–H groups in total. The number of hydrogen-bond acceptors (Lipinski definition) is 1. The molecule has 1 aromatic carbocycles. The van der Waals surface area contributed by atoms with Crippen LogP contribution in [0.2, 0.25) is 0 Å². The summed E-state index contributed by atoms with van der Waals surface area (Å²) in [5.74, 6) is 0.728. The summed E-state index contributed by atoms with van der Waals surface area (Å²) in [7, 11) is 0. The second kappa shape index (κ2) is 4.40. The molecule has 0 aliphatic carbocycles. The van der Waals surface area contributed by atoms with Crippen LogP contribution in [0.5, 0.6) is 0 Å². The number of benzene rings is 1. The maximum atomic E-state index is 3.92. The highest BCUT2D eigenvalue weighted by molar-refractivity contribution is 9.11. The maximum absolute atomic E-state index is 3.92. The van der Waals surface area contributed by atoms with E-state index in [2.05, 4.69) is 58.6 Å². The van der Waals surface area contributed by atoms with Crippen LogP contribution < -0.4 is 4.90 Å². The van der Waals surface area contributed by atoms with Gasteiger partial charge in [-0.3, -0.25) is 0 Å². The number of rotatable bonds is 2. The summed E-state index contributed by atoms with van der Waals surface area (Å²) in [6.07, 6.45) is 1.20. The average molecular weight is 266 g/mol. The Balaban J connectivity index is 2.29. The molecule has 0 bridgehead atoms. The molecule has 1 atom stereocenters. The lowest BCUT2D eigenvalue weighted by atomic mass is 9.94. The van der Waals surface area contributed by atoms with Gasteiger partial charge in [0.25, 0.3) is 0 Å². The zero-order valence-electron chi connectivity index (χ0n) is 9.04. The molecule has 0 aromatic heterocycles. The highest BCUT2D eigenvalue weighted by atomic mass is 79.9. The van der Waals surface area contributed by atoms with E-state index in [0.29, 0.717) is 0 Å². The van der Waals surface area contributed by atoms with E-state index in [0.717, 1.165) is 23.5 Å². The average Bonchev–Trinajstić information content (AvgIpc) is 2.16. The third kappa shape index (κ3) is 2.43. The predicted octanol–water partition coefficient (Wildman–Crippen LogP) is 3.59. The first-order valence-electron chi connectivity index (χ1n) is 5.33. The van der Waals surface area contributed by atoms with Gasteiger partial charge < -0.3 is 4.90 Å². The Morgan fingerprint density at radius 3 is 3.00 bits per heavy atom. The lowest BCUT2D eigenvalue weighted by Gasteiger charge is -2.34. The van der Waals surface area contributed by atoms with Gasteiger partial charge in [0.05, 0.1) is 0 Å². The molecule has 2 rings (SSSR count). The Kier molecular flexibility index (Phi) is 3.15. The molecule has 1 aromatic rings. The molecular formula is C13H16BrN. The fraction of sp³-hybridized carbons (Fsp3) is 0.385. The predicted molar refractivity (Wildman–Crippen MR) is 69.6 cm³/mol. The SMILES string of the molecule is C=C(Br)CN1CC(C)Cc2ccccc21. The number of nitrogens with zero attached hydrogens (tertiary/aromatic N) is 1. The van der Waals surface area contributed by atoms with E-state index >= 15 is 0 Å². The standard InChI is InChI=1S/C13H16BrN/c1-10-7-12-5-3-4-6-13(12)15(8-10)9-11(2)14/h3-6,10H,2,7-9H2,1H3. The van der Waals surface area contributed by atoms with E-state index in [1.165, 1.54) is 17.7 Å². The van der Waals surface area contributed by atoms with Crippen molar-refractivity contribution in [3.05, 3.63) is 40.9 Å². The van der Waals surface area contributed by atoms with Crippen molar-refractivity contribution in [1.82, 2.24) is 0 Å². The fourth-order valence-corrected chi connectivity index (χ4v) is 2.57. The van der Waals surface area contributed by atoms with Crippen molar-refractivity contribution < 1.29 is 0 Å². The topological polar surface area (TPSA) is 3.24 Å². The van der Waals surface area contributed by atoms with Gasteiger partial charge in [0, 0.05) is 23.3 Å². The van der Waals surface area contributed by atoms with Crippen LogP contribution in [-0.4, -0.2) is 13.1 Å². The summed E-state index contributed by atoms with van der Waals surface area (Å²) < 4.78 is 1.05. The van der Waals surface area contributed by atoms with E-state index in [1.807, 2.05) is 0 Å². The molecule has 0 fully saturated rings. The Morgan fingerprint density at radius 1 is 1.53 bits per heavy atom. The highest BCUT2D eigenvalue weighted by Gasteiger charge is 2.20. The van der Waals surface area contributed by atoms with Crippen LogP contribution >= 0.6 is 15.9 Å². The van der Waals surface area contributed by atoms with Crippen LogP contribution in [0.1, 0.15) is 12.5 Å². The number of fused-ring (bicyclic) bond motifs is 1. The summed E-state index contributed by atoms with van der Waals surface area (Å²) in [5, 5.41) is 0. The molecule has 1 heterocycles. The van der Waals surface area contributed by atoms with E-state index in [4.69, 9.17) is 0 Å². The molecule has 0 spiro atoms. The Labute approximate surface area is 99.9 Å². The molecule has 80 valence electrons. The molecule has 1 nitrogen and oxygen atoms in total. The van der Waals surface area contributed by atoms with Gasteiger partial charge in [0.2, 0.25) is 0 Å². The zero-order chi connectivity index (χ0) is 10.8. The van der Waals surface area contributed by atoms with Crippen molar-refractivity contribution >= 4 is 21.6 Å². The highest BCUT2D eigenvalue weighted by Crippen LogP contribution is 2.30. The van der Waals surface area contributed by atoms with Gasteiger partial charge in [0.15, 0.2) is 0 Å². The van der Waals surface area contributed by atoms with Gasteiger partial charge in [-0.1, -0.05) is 47.6 Å². The van der Waals surface area contributed by atoms with Crippen LogP contribution in [0.3, 0.4) is 0 Å². The van der Waals surface area contributed by atoms with Crippen molar-refractivity contribution in [1.29, 1.82) is 0 Å². The van der Waals surface area contributed by atoms with Gasteiger partial charge in [-0.05, 0) is 24.0 Å². The van der Waals surface area contributed by atoms with Gasteiger partial charge in [-0.15, -0.1) is 0 Å². The van der Waals surface area contributed by atoms with E-state index in [1.54, 1.807) is 0 Å². The van der Waals surface area contributed by atoms with Crippen molar-refractivity contribution in [2.24, 2.45) is 5.92 Å². The van der Waals surface area contributed by atoms with Gasteiger partial charge in [0.1, 0.15) is 0 Å². The zero-order valence-corrected chi connectivity index (χ0v) is 10.6. The lowest BCUT2D eigenvalue weighted by molar-refractivity contribution is 0.542. The molecule has 1 aliphatic rings. The van der Waals surface area contributed by atoms with Crippen molar-refractivity contribution in [3.63, 3.8) is 0 Å². The monoisotopic (exact) mass is 265 g/mol. The second-order valence-corrected chi connectivity index (χ2v) is 5.46. The normalized spacial score (nSPS) is 19.9. The third-order valence-corrected chi connectivity index (χ3v) is 3.05. The van der Waals surface area contributed by atoms with Crippen molar-refractivity contribution in [2.75, 3.05) is 18.0 Å². The molecule has 1 aliphatic heterocycles. The first-order valence-corrected chi connectivity index (χ1v) is 6.12. The first kappa shape index (κ1) is 10.7. The summed E-state index contributed by atoms with van der Waals surface area (Å²) in [6, 6.07) is 8.67. The molecule has 1 unspecified atom stereocenters. The van der Waals surface area contributed by atoms with Crippen LogP contribution in [-0.2, 0) is 6.42 Å².